The predicted octanol–water partition coefficient (Wildman–Crippen LogP) is 5.57. The monoisotopic (exact) mass is 538 g/mol. The summed E-state index contributed by atoms with van der Waals surface area (Å²) in [4.78, 5) is 44.5. The summed E-state index contributed by atoms with van der Waals surface area (Å²) in [5.74, 6) is -3.15. The summed E-state index contributed by atoms with van der Waals surface area (Å²) in [7, 11) is 0. The topological polar surface area (TPSA) is 106 Å². The normalized spacial score (nSPS) is 16.6. The third-order valence-electron chi connectivity index (χ3n) is 5.99. The Morgan fingerprint density at radius 1 is 1.13 bits per heavy atom. The molecule has 3 aromatic rings. The Balaban J connectivity index is 1.82. The van der Waals surface area contributed by atoms with Gasteiger partial charge in [0.15, 0.2) is 5.13 Å². The van der Waals surface area contributed by atoms with Crippen molar-refractivity contribution in [1.29, 1.82) is 0 Å². The van der Waals surface area contributed by atoms with Crippen LogP contribution in [-0.4, -0.2) is 41.0 Å². The minimum atomic E-state index is -1.31. The molecule has 4 rings (SSSR count). The standard InChI is InChI=1S/C28H27FN2O6S/c1-4-6-15-37-18-13-11-17(12-14-18)23(32)21-22(19-9-7-8-10-20(19)29)31(26(34)24(21)33)28-30-16(3)25(38-28)27(35)36-5-2/h7-14,22,32H,4-6,15H2,1-3H3/b23-21+. The molecule has 1 saturated heterocycles. The molecule has 0 bridgehead atoms. The Kier molecular flexibility index (Phi) is 8.21. The van der Waals surface area contributed by atoms with E-state index in [1.54, 1.807) is 44.2 Å². The molecule has 0 saturated carbocycles. The minimum Gasteiger partial charge on any atom is -0.507 e. The molecule has 1 aliphatic rings. The van der Waals surface area contributed by atoms with Gasteiger partial charge in [0, 0.05) is 11.1 Å². The number of rotatable bonds is 9. The van der Waals surface area contributed by atoms with E-state index in [2.05, 4.69) is 11.9 Å². The van der Waals surface area contributed by atoms with Crippen LogP contribution in [0.15, 0.2) is 54.1 Å². The maximum absolute atomic E-state index is 15.1. The van der Waals surface area contributed by atoms with Gasteiger partial charge in [0.05, 0.1) is 24.5 Å². The average molecular weight is 539 g/mol. The van der Waals surface area contributed by atoms with Crippen molar-refractivity contribution in [2.24, 2.45) is 0 Å². The molecule has 0 radical (unpaired) electrons. The zero-order valence-corrected chi connectivity index (χ0v) is 22.0. The van der Waals surface area contributed by atoms with Crippen LogP contribution in [0.3, 0.4) is 0 Å². The molecule has 8 nitrogen and oxygen atoms in total. The maximum Gasteiger partial charge on any atom is 0.350 e. The van der Waals surface area contributed by atoms with Crippen LogP contribution in [0.1, 0.15) is 59.2 Å². The van der Waals surface area contributed by atoms with Gasteiger partial charge in [0.2, 0.25) is 0 Å². The second kappa shape index (κ2) is 11.6. The second-order valence-electron chi connectivity index (χ2n) is 8.55. The molecule has 1 atom stereocenters. The fraction of sp³-hybridized carbons (Fsp3) is 0.286. The molecular weight excluding hydrogens is 511 g/mol. The molecule has 1 aliphatic heterocycles. The van der Waals surface area contributed by atoms with Crippen LogP contribution in [0.4, 0.5) is 9.52 Å². The van der Waals surface area contributed by atoms with Gasteiger partial charge in [-0.2, -0.15) is 0 Å². The molecule has 1 N–H and O–H groups in total. The van der Waals surface area contributed by atoms with E-state index in [0.717, 1.165) is 29.1 Å². The van der Waals surface area contributed by atoms with Crippen molar-refractivity contribution in [2.75, 3.05) is 18.1 Å². The number of aryl methyl sites for hydroxylation is 1. The number of anilines is 1. The van der Waals surface area contributed by atoms with Crippen molar-refractivity contribution < 1.29 is 33.4 Å². The Morgan fingerprint density at radius 2 is 1.84 bits per heavy atom. The van der Waals surface area contributed by atoms with Crippen LogP contribution < -0.4 is 9.64 Å². The number of aliphatic hydroxyl groups excluding tert-OH is 1. The van der Waals surface area contributed by atoms with Crippen LogP contribution >= 0.6 is 11.3 Å². The SMILES string of the molecule is CCCCOc1ccc(/C(O)=C2\C(=O)C(=O)N(c3nc(C)c(C(=O)OCC)s3)C2c2ccccc2F)cc1. The average Bonchev–Trinajstić information content (AvgIpc) is 3.41. The van der Waals surface area contributed by atoms with E-state index < -0.39 is 35.3 Å². The second-order valence-corrected chi connectivity index (χ2v) is 9.53. The number of amides is 1. The summed E-state index contributed by atoms with van der Waals surface area (Å²) in [5.41, 5.74) is 0.273. The number of esters is 1. The lowest BCUT2D eigenvalue weighted by molar-refractivity contribution is -0.132. The fourth-order valence-corrected chi connectivity index (χ4v) is 5.08. The summed E-state index contributed by atoms with van der Waals surface area (Å²) >= 11 is 0.860. The number of aromatic nitrogens is 1. The Labute approximate surface area is 223 Å². The summed E-state index contributed by atoms with van der Waals surface area (Å²) in [6, 6.07) is 10.8. The van der Waals surface area contributed by atoms with Crippen molar-refractivity contribution in [3.63, 3.8) is 0 Å². The highest BCUT2D eigenvalue weighted by Crippen LogP contribution is 2.44. The van der Waals surface area contributed by atoms with Gasteiger partial charge in [-0.3, -0.25) is 14.5 Å². The first kappa shape index (κ1) is 27.0. The van der Waals surface area contributed by atoms with Crippen LogP contribution in [0.5, 0.6) is 5.75 Å². The van der Waals surface area contributed by atoms with Gasteiger partial charge in [-0.1, -0.05) is 42.9 Å². The van der Waals surface area contributed by atoms with E-state index in [-0.39, 0.29) is 33.3 Å². The van der Waals surface area contributed by atoms with Crippen molar-refractivity contribution in [2.45, 2.75) is 39.7 Å². The van der Waals surface area contributed by atoms with E-state index in [9.17, 15) is 19.5 Å². The number of benzene rings is 2. The van der Waals surface area contributed by atoms with Gasteiger partial charge in [-0.25, -0.2) is 14.2 Å². The lowest BCUT2D eigenvalue weighted by atomic mass is 9.95. The third kappa shape index (κ3) is 5.17. The highest BCUT2D eigenvalue weighted by Gasteiger charge is 2.49. The number of ether oxygens (including phenoxy) is 2. The first-order chi connectivity index (χ1) is 18.3. The first-order valence-corrected chi connectivity index (χ1v) is 13.0. The number of hydrogen-bond donors (Lipinski definition) is 1. The molecular formula is C28H27FN2O6S. The Bertz CT molecular complexity index is 1400. The summed E-state index contributed by atoms with van der Waals surface area (Å²) in [5, 5.41) is 11.3. The van der Waals surface area contributed by atoms with Gasteiger partial charge >= 0.3 is 11.9 Å². The lowest BCUT2D eigenvalue weighted by Crippen LogP contribution is -2.29. The van der Waals surface area contributed by atoms with Gasteiger partial charge in [-0.15, -0.1) is 0 Å². The van der Waals surface area contributed by atoms with E-state index >= 15 is 4.39 Å². The molecule has 38 heavy (non-hydrogen) atoms. The molecule has 10 heteroatoms. The van der Waals surface area contributed by atoms with Crippen molar-refractivity contribution in [3.8, 4) is 5.75 Å². The molecule has 198 valence electrons. The maximum atomic E-state index is 15.1. The van der Waals surface area contributed by atoms with Gasteiger partial charge in [0.25, 0.3) is 5.78 Å². The number of halogens is 1. The zero-order valence-electron chi connectivity index (χ0n) is 21.2. The molecule has 0 spiro atoms. The molecule has 0 aliphatic carbocycles. The number of nitrogens with zero attached hydrogens (tertiary/aromatic N) is 2. The van der Waals surface area contributed by atoms with E-state index in [0.29, 0.717) is 18.1 Å². The lowest BCUT2D eigenvalue weighted by Gasteiger charge is -2.23. The van der Waals surface area contributed by atoms with Crippen molar-refractivity contribution in [1.82, 2.24) is 4.98 Å². The number of unbranched alkanes of at least 4 members (excludes halogenated alkanes) is 1. The third-order valence-corrected chi connectivity index (χ3v) is 7.13. The summed E-state index contributed by atoms with van der Waals surface area (Å²) in [6.07, 6.45) is 1.87. The molecule has 1 unspecified atom stereocenters. The van der Waals surface area contributed by atoms with Crippen LogP contribution in [0.25, 0.3) is 5.76 Å². The molecule has 1 aromatic heterocycles. The first-order valence-electron chi connectivity index (χ1n) is 12.2. The van der Waals surface area contributed by atoms with E-state index in [4.69, 9.17) is 9.47 Å². The Hall–Kier alpha value is -4.05. The highest BCUT2D eigenvalue weighted by atomic mass is 32.1. The molecule has 1 fully saturated rings. The van der Waals surface area contributed by atoms with Crippen LogP contribution in [0, 0.1) is 12.7 Å². The van der Waals surface area contributed by atoms with E-state index in [1.165, 1.54) is 18.2 Å². The number of carbonyl (C=O) groups excluding carboxylic acids is 3. The van der Waals surface area contributed by atoms with Crippen LogP contribution in [-0.2, 0) is 14.3 Å². The smallest absolute Gasteiger partial charge is 0.350 e. The molecule has 1 amide bonds. The Morgan fingerprint density at radius 3 is 2.50 bits per heavy atom. The quantitative estimate of drug-likeness (QED) is 0.125. The number of thiazole rings is 1. The predicted molar refractivity (Wildman–Crippen MR) is 141 cm³/mol. The van der Waals surface area contributed by atoms with Gasteiger partial charge in [-0.05, 0) is 50.6 Å². The summed E-state index contributed by atoms with van der Waals surface area (Å²) < 4.78 is 25.8. The molecule has 2 aromatic carbocycles. The number of carbonyl (C=O) groups is 3. The van der Waals surface area contributed by atoms with Gasteiger partial charge < -0.3 is 14.6 Å². The number of hydrogen-bond acceptors (Lipinski definition) is 8. The van der Waals surface area contributed by atoms with Crippen LogP contribution in [0.2, 0.25) is 0 Å². The van der Waals surface area contributed by atoms with Gasteiger partial charge in [0.1, 0.15) is 28.2 Å². The van der Waals surface area contributed by atoms with Crippen molar-refractivity contribution >= 4 is 39.9 Å². The minimum absolute atomic E-state index is 0.00157. The molecule has 2 heterocycles. The number of Topliss-reactive ketones (excluding diaryl/α,β-unsaturated/α-hetero) is 1. The highest BCUT2D eigenvalue weighted by molar-refractivity contribution is 7.17. The van der Waals surface area contributed by atoms with Crippen molar-refractivity contribution in [3.05, 3.63) is 81.6 Å². The number of aliphatic hydroxyl groups is 1. The number of ketones is 1. The largest absolute Gasteiger partial charge is 0.507 e. The fourth-order valence-electron chi connectivity index (χ4n) is 4.09. The van der Waals surface area contributed by atoms with E-state index in [1.807, 2.05) is 0 Å². The summed E-state index contributed by atoms with van der Waals surface area (Å²) in [6.45, 7) is 5.98. The zero-order chi connectivity index (χ0) is 27.4.